The molecule has 6 heteroatoms. The lowest BCUT2D eigenvalue weighted by atomic mass is 9.84. The van der Waals surface area contributed by atoms with E-state index >= 15 is 0 Å². The lowest BCUT2D eigenvalue weighted by molar-refractivity contribution is -0.141. The summed E-state index contributed by atoms with van der Waals surface area (Å²) in [4.78, 5) is 31.9. The van der Waals surface area contributed by atoms with Gasteiger partial charge in [-0.2, -0.15) is 0 Å². The maximum absolute atomic E-state index is 13.1. The predicted molar refractivity (Wildman–Crippen MR) is 101 cm³/mol. The Balaban J connectivity index is 1.57. The van der Waals surface area contributed by atoms with E-state index in [1.165, 1.54) is 0 Å². The van der Waals surface area contributed by atoms with Crippen LogP contribution in [0.1, 0.15) is 48.3 Å². The van der Waals surface area contributed by atoms with E-state index in [9.17, 15) is 9.59 Å². The fourth-order valence-electron chi connectivity index (χ4n) is 4.90. The maximum atomic E-state index is 13.1. The summed E-state index contributed by atoms with van der Waals surface area (Å²) in [5, 5.41) is 0. The van der Waals surface area contributed by atoms with Crippen LogP contribution in [0.5, 0.6) is 0 Å². The normalized spacial score (nSPS) is 24.2. The van der Waals surface area contributed by atoms with Gasteiger partial charge < -0.3 is 15.2 Å². The van der Waals surface area contributed by atoms with E-state index < -0.39 is 5.91 Å². The number of hydrogen-bond acceptors (Lipinski definition) is 3. The van der Waals surface area contributed by atoms with E-state index in [2.05, 4.69) is 14.5 Å². The molecule has 2 fully saturated rings. The highest BCUT2D eigenvalue weighted by Crippen LogP contribution is 2.38. The molecule has 0 unspecified atom stereocenters. The fraction of sp³-hybridized carbons (Fsp3) is 0.476. The molecule has 6 nitrogen and oxygen atoms in total. The average Bonchev–Trinajstić information content (AvgIpc) is 3.11. The van der Waals surface area contributed by atoms with Crippen molar-refractivity contribution in [3.63, 3.8) is 0 Å². The summed E-state index contributed by atoms with van der Waals surface area (Å²) in [6, 6.07) is 10.2. The first-order valence-corrected chi connectivity index (χ1v) is 9.90. The van der Waals surface area contributed by atoms with Gasteiger partial charge in [-0.05, 0) is 25.7 Å². The standard InChI is InChI=1S/C21H24N4O2/c22-19(26)18-17-11-15-9-10-16(25(15)21(27)14-7-4-8-14)12-24(17)20(23-18)13-5-2-1-3-6-13/h1-3,5-6,14-16H,4,7-12H2,(H2,22,26)/t15-,16+/m0/s1. The van der Waals surface area contributed by atoms with Crippen molar-refractivity contribution in [2.45, 2.75) is 57.2 Å². The van der Waals surface area contributed by atoms with Crippen molar-refractivity contribution >= 4 is 11.8 Å². The highest BCUT2D eigenvalue weighted by atomic mass is 16.2. The van der Waals surface area contributed by atoms with Crippen LogP contribution in [0.25, 0.3) is 11.4 Å². The number of rotatable bonds is 3. The quantitative estimate of drug-likeness (QED) is 0.908. The SMILES string of the molecule is NC(=O)c1nc(-c2ccccc2)n2c1C[C@@H]1CC[C@H](C2)N1C(=O)C1CCC1. The molecule has 3 heterocycles. The molecule has 3 aliphatic rings. The summed E-state index contributed by atoms with van der Waals surface area (Å²) in [7, 11) is 0. The van der Waals surface area contributed by atoms with Crippen LogP contribution in [0.4, 0.5) is 0 Å². The van der Waals surface area contributed by atoms with Crippen molar-refractivity contribution in [1.29, 1.82) is 0 Å². The minimum atomic E-state index is -0.490. The summed E-state index contributed by atoms with van der Waals surface area (Å²) in [6.45, 7) is 0.689. The van der Waals surface area contributed by atoms with Crippen molar-refractivity contribution < 1.29 is 9.59 Å². The Bertz CT molecular complexity index is 900. The van der Waals surface area contributed by atoms with E-state index in [4.69, 9.17) is 5.73 Å². The third kappa shape index (κ3) is 2.58. The Hall–Kier alpha value is -2.63. The molecule has 140 valence electrons. The van der Waals surface area contributed by atoms with Crippen molar-refractivity contribution in [3.8, 4) is 11.4 Å². The lowest BCUT2D eigenvalue weighted by Crippen LogP contribution is -2.46. The van der Waals surface area contributed by atoms with Crippen LogP contribution < -0.4 is 5.73 Å². The number of carbonyl (C=O) groups is 2. The number of carbonyl (C=O) groups excluding carboxylic acids is 2. The molecule has 5 rings (SSSR count). The number of primary amides is 1. The Labute approximate surface area is 158 Å². The number of benzene rings is 1. The van der Waals surface area contributed by atoms with E-state index in [-0.39, 0.29) is 18.0 Å². The summed E-state index contributed by atoms with van der Waals surface area (Å²) in [5.74, 6) is 0.806. The molecule has 1 saturated heterocycles. The molecule has 1 aromatic heterocycles. The average molecular weight is 364 g/mol. The van der Waals surface area contributed by atoms with Gasteiger partial charge in [0.1, 0.15) is 11.5 Å². The molecule has 1 aromatic carbocycles. The van der Waals surface area contributed by atoms with E-state index in [1.54, 1.807) is 0 Å². The second-order valence-electron chi connectivity index (χ2n) is 8.03. The Kier molecular flexibility index (Phi) is 3.81. The van der Waals surface area contributed by atoms with E-state index in [1.807, 2.05) is 30.3 Å². The molecule has 2 bridgehead atoms. The summed E-state index contributed by atoms with van der Waals surface area (Å²) < 4.78 is 2.14. The van der Waals surface area contributed by atoms with Gasteiger partial charge in [0.2, 0.25) is 5.91 Å². The van der Waals surface area contributed by atoms with E-state index in [0.717, 1.165) is 49.2 Å². The lowest BCUT2D eigenvalue weighted by Gasteiger charge is -2.35. The number of amides is 2. The number of hydrogen-bond donors (Lipinski definition) is 1. The van der Waals surface area contributed by atoms with Gasteiger partial charge in [0, 0.05) is 30.5 Å². The third-order valence-electron chi connectivity index (χ3n) is 6.49. The zero-order chi connectivity index (χ0) is 18.5. The van der Waals surface area contributed by atoms with Crippen LogP contribution in [0, 0.1) is 5.92 Å². The Morgan fingerprint density at radius 1 is 1.04 bits per heavy atom. The number of nitrogens with zero attached hydrogens (tertiary/aromatic N) is 3. The topological polar surface area (TPSA) is 81.2 Å². The Morgan fingerprint density at radius 3 is 2.44 bits per heavy atom. The number of imidazole rings is 1. The smallest absolute Gasteiger partial charge is 0.269 e. The molecule has 1 saturated carbocycles. The molecule has 2 aromatic rings. The number of fused-ring (bicyclic) bond motifs is 3. The third-order valence-corrected chi connectivity index (χ3v) is 6.49. The second-order valence-corrected chi connectivity index (χ2v) is 8.03. The molecular formula is C21H24N4O2. The van der Waals surface area contributed by atoms with Crippen molar-refractivity contribution in [2.24, 2.45) is 11.7 Å². The molecule has 2 aliphatic heterocycles. The first-order valence-electron chi connectivity index (χ1n) is 9.90. The van der Waals surface area contributed by atoms with Crippen molar-refractivity contribution in [2.75, 3.05) is 0 Å². The molecule has 27 heavy (non-hydrogen) atoms. The minimum absolute atomic E-state index is 0.155. The van der Waals surface area contributed by atoms with Crippen LogP contribution in [0.3, 0.4) is 0 Å². The van der Waals surface area contributed by atoms with E-state index in [0.29, 0.717) is 24.6 Å². The van der Waals surface area contributed by atoms with Gasteiger partial charge in [-0.3, -0.25) is 9.59 Å². The van der Waals surface area contributed by atoms with Gasteiger partial charge in [-0.25, -0.2) is 4.98 Å². The zero-order valence-corrected chi connectivity index (χ0v) is 15.3. The first kappa shape index (κ1) is 16.5. The summed E-state index contributed by atoms with van der Waals surface area (Å²) in [5.41, 5.74) is 7.88. The van der Waals surface area contributed by atoms with Gasteiger partial charge >= 0.3 is 0 Å². The largest absolute Gasteiger partial charge is 0.364 e. The molecule has 2 N–H and O–H groups in total. The molecule has 2 amide bonds. The second kappa shape index (κ2) is 6.22. The van der Waals surface area contributed by atoms with Gasteiger partial charge in [-0.1, -0.05) is 36.8 Å². The molecule has 1 aliphatic carbocycles. The number of nitrogens with two attached hydrogens (primary N) is 1. The molecule has 2 atom stereocenters. The van der Waals surface area contributed by atoms with Crippen LogP contribution in [-0.2, 0) is 17.8 Å². The first-order chi connectivity index (χ1) is 13.1. The summed E-state index contributed by atoms with van der Waals surface area (Å²) in [6.07, 6.45) is 5.86. The van der Waals surface area contributed by atoms with Crippen LogP contribution in [0.15, 0.2) is 30.3 Å². The van der Waals surface area contributed by atoms with Gasteiger partial charge in [0.15, 0.2) is 0 Å². The van der Waals surface area contributed by atoms with Crippen LogP contribution >= 0.6 is 0 Å². The maximum Gasteiger partial charge on any atom is 0.269 e. The number of aromatic nitrogens is 2. The monoisotopic (exact) mass is 364 g/mol. The molecule has 0 spiro atoms. The Morgan fingerprint density at radius 2 is 1.78 bits per heavy atom. The zero-order valence-electron chi connectivity index (χ0n) is 15.3. The highest BCUT2D eigenvalue weighted by molar-refractivity contribution is 5.93. The van der Waals surface area contributed by atoms with Crippen molar-refractivity contribution in [1.82, 2.24) is 14.5 Å². The van der Waals surface area contributed by atoms with Gasteiger partial charge in [0.05, 0.1) is 11.7 Å². The van der Waals surface area contributed by atoms with Crippen LogP contribution in [0.2, 0.25) is 0 Å². The van der Waals surface area contributed by atoms with Crippen LogP contribution in [-0.4, -0.2) is 38.3 Å². The molecular weight excluding hydrogens is 340 g/mol. The van der Waals surface area contributed by atoms with Gasteiger partial charge in [0.25, 0.3) is 5.91 Å². The molecule has 0 radical (unpaired) electrons. The predicted octanol–water partition coefficient (Wildman–Crippen LogP) is 2.36. The highest BCUT2D eigenvalue weighted by Gasteiger charge is 2.44. The minimum Gasteiger partial charge on any atom is -0.364 e. The fourth-order valence-corrected chi connectivity index (χ4v) is 4.90. The summed E-state index contributed by atoms with van der Waals surface area (Å²) >= 11 is 0. The van der Waals surface area contributed by atoms with Crippen molar-refractivity contribution in [3.05, 3.63) is 41.7 Å². The van der Waals surface area contributed by atoms with Gasteiger partial charge in [-0.15, -0.1) is 0 Å².